The third-order valence-electron chi connectivity index (χ3n) is 3.23. The molecule has 25 heavy (non-hydrogen) atoms. The van der Waals surface area contributed by atoms with Gasteiger partial charge >= 0.3 is 0 Å². The fraction of sp³-hybridized carbons (Fsp3) is 0.222. The molecule has 2 amide bonds. The van der Waals surface area contributed by atoms with Gasteiger partial charge < -0.3 is 20.1 Å². The smallest absolute Gasteiger partial charge is 0.258 e. The quantitative estimate of drug-likeness (QED) is 0.708. The second-order valence-electron chi connectivity index (χ2n) is 5.02. The van der Waals surface area contributed by atoms with Gasteiger partial charge in [0.2, 0.25) is 5.91 Å². The van der Waals surface area contributed by atoms with Gasteiger partial charge in [-0.3, -0.25) is 9.59 Å². The fourth-order valence-corrected chi connectivity index (χ4v) is 2.42. The molecule has 7 heteroatoms. The molecule has 2 aromatic carbocycles. The van der Waals surface area contributed by atoms with E-state index >= 15 is 0 Å². The molecule has 0 spiro atoms. The van der Waals surface area contributed by atoms with Crippen LogP contribution in [0.25, 0.3) is 0 Å². The van der Waals surface area contributed by atoms with E-state index in [1.54, 1.807) is 49.2 Å². The molecule has 2 aromatic rings. The van der Waals surface area contributed by atoms with Gasteiger partial charge in [0, 0.05) is 10.6 Å². The molecule has 0 aromatic heterocycles. The predicted molar refractivity (Wildman–Crippen MR) is 98.4 cm³/mol. The Hall–Kier alpha value is -2.67. The van der Waals surface area contributed by atoms with E-state index in [4.69, 9.17) is 9.47 Å². The lowest BCUT2D eigenvalue weighted by Gasteiger charge is -2.09. The van der Waals surface area contributed by atoms with Gasteiger partial charge in [-0.1, -0.05) is 6.07 Å². The summed E-state index contributed by atoms with van der Waals surface area (Å²) in [5.74, 6) is 0.591. The molecule has 0 atom stereocenters. The van der Waals surface area contributed by atoms with Gasteiger partial charge in [0.25, 0.3) is 5.91 Å². The molecule has 2 N–H and O–H groups in total. The largest absolute Gasteiger partial charge is 0.497 e. The number of benzene rings is 2. The van der Waals surface area contributed by atoms with Crippen LogP contribution in [0.15, 0.2) is 53.4 Å². The number of carbonyl (C=O) groups is 2. The minimum Gasteiger partial charge on any atom is -0.497 e. The Labute approximate surface area is 150 Å². The van der Waals surface area contributed by atoms with Crippen LogP contribution >= 0.6 is 11.8 Å². The molecule has 132 valence electrons. The van der Waals surface area contributed by atoms with Gasteiger partial charge in [-0.25, -0.2) is 0 Å². The monoisotopic (exact) mass is 360 g/mol. The van der Waals surface area contributed by atoms with E-state index < -0.39 is 0 Å². The van der Waals surface area contributed by atoms with Crippen molar-refractivity contribution in [1.82, 2.24) is 5.32 Å². The molecule has 0 aliphatic rings. The lowest BCUT2D eigenvalue weighted by atomic mass is 10.3. The number of rotatable bonds is 8. The second-order valence-corrected chi connectivity index (χ2v) is 5.90. The molecule has 6 nitrogen and oxygen atoms in total. The van der Waals surface area contributed by atoms with Crippen molar-refractivity contribution in [2.75, 3.05) is 31.8 Å². The van der Waals surface area contributed by atoms with Gasteiger partial charge in [0.05, 0.1) is 13.7 Å². The van der Waals surface area contributed by atoms with Gasteiger partial charge in [-0.05, 0) is 48.7 Å². The second kappa shape index (κ2) is 9.58. The minimum atomic E-state index is -0.371. The summed E-state index contributed by atoms with van der Waals surface area (Å²) < 4.78 is 10.4. The zero-order valence-electron chi connectivity index (χ0n) is 14.1. The standard InChI is InChI=1S/C18H20N2O4S/c1-23-14-6-8-15(9-7-14)24-12-18(22)19-11-17(21)20-13-4-3-5-16(10-13)25-2/h3-10H,11-12H2,1-2H3,(H,19,22)(H,20,21). The molecule has 0 aliphatic heterocycles. The van der Waals surface area contributed by atoms with Crippen LogP contribution in [0.4, 0.5) is 5.69 Å². The molecular weight excluding hydrogens is 340 g/mol. The first-order valence-corrected chi connectivity index (χ1v) is 8.80. The summed E-state index contributed by atoms with van der Waals surface area (Å²) in [6.45, 7) is -0.282. The molecule has 0 bridgehead atoms. The van der Waals surface area contributed by atoms with E-state index in [0.717, 1.165) is 4.90 Å². The number of amides is 2. The van der Waals surface area contributed by atoms with Crippen LogP contribution in [-0.2, 0) is 9.59 Å². The van der Waals surface area contributed by atoms with Crippen LogP contribution in [0, 0.1) is 0 Å². The van der Waals surface area contributed by atoms with Crippen LogP contribution in [0.2, 0.25) is 0 Å². The Morgan fingerprint density at radius 1 is 1.04 bits per heavy atom. The van der Waals surface area contributed by atoms with Crippen molar-refractivity contribution in [2.24, 2.45) is 0 Å². The number of hydrogen-bond acceptors (Lipinski definition) is 5. The Morgan fingerprint density at radius 2 is 1.76 bits per heavy atom. The first-order chi connectivity index (χ1) is 12.1. The lowest BCUT2D eigenvalue weighted by Crippen LogP contribution is -2.35. The highest BCUT2D eigenvalue weighted by Crippen LogP contribution is 2.19. The zero-order valence-corrected chi connectivity index (χ0v) is 14.9. The molecule has 0 saturated carbocycles. The highest BCUT2D eigenvalue weighted by atomic mass is 32.2. The summed E-state index contributed by atoms with van der Waals surface area (Å²) in [4.78, 5) is 24.7. The fourth-order valence-electron chi connectivity index (χ4n) is 1.96. The summed E-state index contributed by atoms with van der Waals surface area (Å²) in [5, 5.41) is 5.25. The molecule has 0 saturated heterocycles. The Morgan fingerprint density at radius 3 is 2.44 bits per heavy atom. The van der Waals surface area contributed by atoms with Crippen LogP contribution < -0.4 is 20.1 Å². The maximum Gasteiger partial charge on any atom is 0.258 e. The van der Waals surface area contributed by atoms with E-state index in [1.807, 2.05) is 24.5 Å². The molecule has 0 aliphatic carbocycles. The van der Waals surface area contributed by atoms with Crippen molar-refractivity contribution in [1.29, 1.82) is 0 Å². The maximum atomic E-state index is 11.9. The van der Waals surface area contributed by atoms with Crippen molar-refractivity contribution in [2.45, 2.75) is 4.90 Å². The summed E-state index contributed by atoms with van der Waals surface area (Å²) in [5.41, 5.74) is 0.695. The zero-order chi connectivity index (χ0) is 18.1. The maximum absolute atomic E-state index is 11.9. The van der Waals surface area contributed by atoms with Crippen LogP contribution in [-0.4, -0.2) is 38.3 Å². The molecule has 0 heterocycles. The average Bonchev–Trinajstić information content (AvgIpc) is 2.65. The number of methoxy groups -OCH3 is 1. The predicted octanol–water partition coefficient (Wildman–Crippen LogP) is 2.55. The minimum absolute atomic E-state index is 0.117. The number of anilines is 1. The number of carbonyl (C=O) groups excluding carboxylic acids is 2. The molecule has 0 unspecified atom stereocenters. The van der Waals surface area contributed by atoms with Crippen molar-refractivity contribution >= 4 is 29.3 Å². The first-order valence-electron chi connectivity index (χ1n) is 7.58. The van der Waals surface area contributed by atoms with Crippen molar-refractivity contribution in [3.8, 4) is 11.5 Å². The van der Waals surface area contributed by atoms with Crippen LogP contribution in [0.3, 0.4) is 0 Å². The Balaban J connectivity index is 1.72. The topological polar surface area (TPSA) is 76.7 Å². The molecular formula is C18H20N2O4S. The van der Waals surface area contributed by atoms with Gasteiger partial charge in [0.1, 0.15) is 11.5 Å². The third-order valence-corrected chi connectivity index (χ3v) is 3.95. The summed E-state index contributed by atoms with van der Waals surface area (Å²) in [7, 11) is 1.58. The molecule has 0 radical (unpaired) electrons. The van der Waals surface area contributed by atoms with Crippen LogP contribution in [0.5, 0.6) is 11.5 Å². The third kappa shape index (κ3) is 6.39. The normalized spacial score (nSPS) is 10.0. The lowest BCUT2D eigenvalue weighted by molar-refractivity contribution is -0.125. The first kappa shape index (κ1) is 18.7. The Kier molecular flexibility index (Phi) is 7.16. The SMILES string of the molecule is COc1ccc(OCC(=O)NCC(=O)Nc2cccc(SC)c2)cc1. The van der Waals surface area contributed by atoms with Gasteiger partial charge in [-0.2, -0.15) is 0 Å². The highest BCUT2D eigenvalue weighted by Gasteiger charge is 2.07. The summed E-state index contributed by atoms with van der Waals surface area (Å²) in [6.07, 6.45) is 1.96. The van der Waals surface area contributed by atoms with Crippen molar-refractivity contribution < 1.29 is 19.1 Å². The van der Waals surface area contributed by atoms with E-state index in [0.29, 0.717) is 17.2 Å². The Bertz CT molecular complexity index is 719. The van der Waals surface area contributed by atoms with Crippen molar-refractivity contribution in [3.63, 3.8) is 0 Å². The van der Waals surface area contributed by atoms with E-state index in [2.05, 4.69) is 10.6 Å². The van der Waals surface area contributed by atoms with Gasteiger partial charge in [0.15, 0.2) is 6.61 Å². The number of ether oxygens (including phenoxy) is 2. The summed E-state index contributed by atoms with van der Waals surface area (Å²) >= 11 is 1.59. The van der Waals surface area contributed by atoms with E-state index in [1.165, 1.54) is 0 Å². The highest BCUT2D eigenvalue weighted by molar-refractivity contribution is 7.98. The molecule has 2 rings (SSSR count). The summed E-state index contributed by atoms with van der Waals surface area (Å²) in [6, 6.07) is 14.4. The van der Waals surface area contributed by atoms with Crippen molar-refractivity contribution in [3.05, 3.63) is 48.5 Å². The number of hydrogen-bond donors (Lipinski definition) is 2. The van der Waals surface area contributed by atoms with Gasteiger partial charge in [-0.15, -0.1) is 11.8 Å². The molecule has 0 fully saturated rings. The average molecular weight is 360 g/mol. The van der Waals surface area contributed by atoms with E-state index in [9.17, 15) is 9.59 Å². The number of nitrogens with one attached hydrogen (secondary N) is 2. The van der Waals surface area contributed by atoms with E-state index in [-0.39, 0.29) is 25.0 Å². The van der Waals surface area contributed by atoms with Crippen LogP contribution in [0.1, 0.15) is 0 Å². The number of thioether (sulfide) groups is 1.